The van der Waals surface area contributed by atoms with Gasteiger partial charge in [0.1, 0.15) is 18.8 Å². The van der Waals surface area contributed by atoms with Crippen LogP contribution in [0.4, 0.5) is 0 Å². The number of aliphatic hydroxyl groups excluding tert-OH is 1. The van der Waals surface area contributed by atoms with Crippen LogP contribution in [0.15, 0.2) is 36.0 Å². The van der Waals surface area contributed by atoms with Crippen molar-refractivity contribution in [2.45, 2.75) is 64.8 Å². The first-order valence-electron chi connectivity index (χ1n) is 10.3. The van der Waals surface area contributed by atoms with Gasteiger partial charge in [0.15, 0.2) is 11.4 Å². The van der Waals surface area contributed by atoms with Crippen molar-refractivity contribution in [3.8, 4) is 0 Å². The molecule has 2 fully saturated rings. The van der Waals surface area contributed by atoms with Crippen molar-refractivity contribution >= 4 is 17.7 Å². The molecule has 0 unspecified atom stereocenters. The average molecular weight is 418 g/mol. The van der Waals surface area contributed by atoms with Crippen molar-refractivity contribution in [1.82, 2.24) is 0 Å². The number of hydrogen-bond donors (Lipinski definition) is 2. The largest absolute Gasteiger partial charge is 0.459 e. The van der Waals surface area contributed by atoms with Gasteiger partial charge in [0.2, 0.25) is 0 Å². The van der Waals surface area contributed by atoms with Crippen LogP contribution < -0.4 is 0 Å². The zero-order valence-electron chi connectivity index (χ0n) is 17.9. The molecule has 164 valence electrons. The first-order chi connectivity index (χ1) is 13.9. The van der Waals surface area contributed by atoms with Crippen molar-refractivity contribution in [3.63, 3.8) is 0 Å². The molecular weight excluding hydrogens is 388 g/mol. The lowest BCUT2D eigenvalue weighted by molar-refractivity contribution is -0.194. The Bertz CT molecular complexity index is 834. The minimum Gasteiger partial charge on any atom is -0.459 e. The van der Waals surface area contributed by atoms with E-state index in [0.717, 1.165) is 12.8 Å². The third kappa shape index (κ3) is 3.54. The molecule has 0 aromatic carbocycles. The normalized spacial score (nSPS) is 36.1. The molecule has 2 N–H and O–H groups in total. The fourth-order valence-electron chi connectivity index (χ4n) is 5.54. The Kier molecular flexibility index (Phi) is 5.82. The molecule has 5 atom stereocenters. The fourth-order valence-corrected chi connectivity index (χ4v) is 5.54. The maximum absolute atomic E-state index is 12.5. The molecular formula is C23H30O7. The van der Waals surface area contributed by atoms with Crippen molar-refractivity contribution in [2.24, 2.45) is 16.7 Å². The highest BCUT2D eigenvalue weighted by Gasteiger charge is 2.69. The van der Waals surface area contributed by atoms with Gasteiger partial charge in [-0.15, -0.1) is 0 Å². The Balaban J connectivity index is 1.87. The topological polar surface area (TPSA) is 110 Å². The Labute approximate surface area is 176 Å². The van der Waals surface area contributed by atoms with E-state index in [9.17, 15) is 19.5 Å². The summed E-state index contributed by atoms with van der Waals surface area (Å²) in [5.74, 6) is -1.96. The van der Waals surface area contributed by atoms with E-state index in [1.54, 1.807) is 6.08 Å². The molecule has 3 rings (SSSR count). The van der Waals surface area contributed by atoms with Crippen LogP contribution in [-0.4, -0.2) is 52.4 Å². The van der Waals surface area contributed by atoms with Gasteiger partial charge in [-0.2, -0.15) is 0 Å². The van der Waals surface area contributed by atoms with Gasteiger partial charge in [-0.05, 0) is 37.3 Å². The number of fused-ring (bicyclic) bond motifs is 3. The molecule has 1 aliphatic heterocycles. The number of carbonyl (C=O) groups excluding carboxylic acids is 3. The molecule has 2 aliphatic carbocycles. The van der Waals surface area contributed by atoms with E-state index < -0.39 is 40.9 Å². The van der Waals surface area contributed by atoms with Gasteiger partial charge in [-0.25, -0.2) is 9.59 Å². The van der Waals surface area contributed by atoms with Crippen LogP contribution in [0.25, 0.3) is 0 Å². The zero-order valence-corrected chi connectivity index (χ0v) is 17.9. The predicted octanol–water partition coefficient (Wildman–Crippen LogP) is 2.02. The lowest BCUT2D eigenvalue weighted by Gasteiger charge is -2.59. The number of esters is 2. The second kappa shape index (κ2) is 7.78. The molecule has 1 saturated carbocycles. The first-order valence-corrected chi connectivity index (χ1v) is 10.3. The summed E-state index contributed by atoms with van der Waals surface area (Å²) in [7, 11) is 0. The van der Waals surface area contributed by atoms with Crippen molar-refractivity contribution in [2.75, 3.05) is 6.61 Å². The Morgan fingerprint density at radius 3 is 2.57 bits per heavy atom. The molecule has 0 aromatic heterocycles. The average Bonchev–Trinajstić information content (AvgIpc) is 2.94. The lowest BCUT2D eigenvalue weighted by atomic mass is 9.46. The van der Waals surface area contributed by atoms with Crippen molar-refractivity contribution in [1.29, 1.82) is 0 Å². The van der Waals surface area contributed by atoms with Gasteiger partial charge in [0, 0.05) is 23.0 Å². The van der Waals surface area contributed by atoms with E-state index >= 15 is 0 Å². The number of allylic oxidation sites excluding steroid dienone is 2. The molecule has 0 radical (unpaired) electrons. The van der Waals surface area contributed by atoms with Crippen molar-refractivity contribution < 1.29 is 34.1 Å². The number of ketones is 1. The van der Waals surface area contributed by atoms with E-state index in [1.807, 2.05) is 6.92 Å². The second-order valence-corrected chi connectivity index (χ2v) is 9.41. The molecule has 30 heavy (non-hydrogen) atoms. The van der Waals surface area contributed by atoms with E-state index in [-0.39, 0.29) is 17.9 Å². The molecule has 0 aromatic rings. The van der Waals surface area contributed by atoms with Crippen LogP contribution in [0.3, 0.4) is 0 Å². The van der Waals surface area contributed by atoms with E-state index in [1.165, 1.54) is 31.2 Å². The number of rotatable bonds is 5. The second-order valence-electron chi connectivity index (χ2n) is 9.41. The van der Waals surface area contributed by atoms with E-state index in [0.29, 0.717) is 12.0 Å². The maximum atomic E-state index is 12.5. The van der Waals surface area contributed by atoms with Gasteiger partial charge < -0.3 is 19.7 Å². The summed E-state index contributed by atoms with van der Waals surface area (Å²) in [6, 6.07) is 0. The van der Waals surface area contributed by atoms with Crippen molar-refractivity contribution in [3.05, 3.63) is 36.0 Å². The van der Waals surface area contributed by atoms with Gasteiger partial charge in [-0.1, -0.05) is 39.3 Å². The van der Waals surface area contributed by atoms with E-state index in [4.69, 9.17) is 14.6 Å². The van der Waals surface area contributed by atoms with Crippen LogP contribution in [0.1, 0.15) is 47.0 Å². The fraction of sp³-hybridized carbons (Fsp3) is 0.609. The lowest BCUT2D eigenvalue weighted by Crippen LogP contribution is -2.65. The molecule has 0 bridgehead atoms. The third-order valence-electron chi connectivity index (χ3n) is 6.95. The summed E-state index contributed by atoms with van der Waals surface area (Å²) in [5.41, 5.74) is -2.33. The van der Waals surface area contributed by atoms with Gasteiger partial charge in [-0.3, -0.25) is 4.79 Å². The summed E-state index contributed by atoms with van der Waals surface area (Å²) >= 11 is 0. The molecule has 0 amide bonds. The minimum absolute atomic E-state index is 0.00778. The summed E-state index contributed by atoms with van der Waals surface area (Å²) < 4.78 is 10.9. The number of aliphatic hydroxyl groups is 2. The number of carbonyl (C=O) groups is 3. The van der Waals surface area contributed by atoms with Gasteiger partial charge >= 0.3 is 11.9 Å². The third-order valence-corrected chi connectivity index (χ3v) is 6.95. The molecule has 3 aliphatic rings. The van der Waals surface area contributed by atoms with Crippen LogP contribution in [0, 0.1) is 16.7 Å². The highest BCUT2D eigenvalue weighted by molar-refractivity contribution is 5.93. The first kappa shape index (κ1) is 22.4. The highest BCUT2D eigenvalue weighted by atomic mass is 16.6. The molecule has 1 saturated heterocycles. The summed E-state index contributed by atoms with van der Waals surface area (Å²) in [6.07, 6.45) is 7.44. The Morgan fingerprint density at radius 2 is 1.90 bits per heavy atom. The summed E-state index contributed by atoms with van der Waals surface area (Å²) in [6.45, 7) is 7.38. The maximum Gasteiger partial charge on any atom is 0.343 e. The van der Waals surface area contributed by atoms with Gasteiger partial charge in [0.25, 0.3) is 0 Å². The monoisotopic (exact) mass is 418 g/mol. The minimum atomic E-state index is -1.70. The van der Waals surface area contributed by atoms with Crippen LogP contribution in [-0.2, 0) is 23.9 Å². The molecule has 0 spiro atoms. The van der Waals surface area contributed by atoms with Crippen LogP contribution in [0.5, 0.6) is 0 Å². The SMILES string of the molecule is C[C@H](O)C(=O)/C=C/C=C/C(=O)O[C@@H]1C=C2COC(=O)[C@]2(O)[C@]2(C)CCCC(C)(C)[C@H]12. The summed E-state index contributed by atoms with van der Waals surface area (Å²) in [4.78, 5) is 36.3. The Morgan fingerprint density at radius 1 is 1.23 bits per heavy atom. The van der Waals surface area contributed by atoms with E-state index in [2.05, 4.69) is 13.8 Å². The highest BCUT2D eigenvalue weighted by Crippen LogP contribution is 2.63. The standard InChI is InChI=1S/C23H30O7/c1-14(24)16(25)8-5-6-9-18(26)30-17-12-15-13-29-20(27)23(15,28)22(4)11-7-10-21(2,3)19(17)22/h5-6,8-9,12,14,17,19,24,28H,7,10-11,13H2,1-4H3/b8-5+,9-6+/t14-,17+,19-,22+,23-/m0/s1. The smallest absolute Gasteiger partial charge is 0.343 e. The molecule has 7 nitrogen and oxygen atoms in total. The van der Waals surface area contributed by atoms with Crippen LogP contribution in [0.2, 0.25) is 0 Å². The molecule has 7 heteroatoms. The zero-order chi connectivity index (χ0) is 22.3. The molecule has 1 heterocycles. The number of ether oxygens (including phenoxy) is 2. The summed E-state index contributed by atoms with van der Waals surface area (Å²) in [5, 5.41) is 20.6. The van der Waals surface area contributed by atoms with Gasteiger partial charge in [0.05, 0.1) is 0 Å². The Hall–Kier alpha value is -2.25. The number of hydrogen-bond acceptors (Lipinski definition) is 7. The van der Waals surface area contributed by atoms with Crippen LogP contribution >= 0.6 is 0 Å². The predicted molar refractivity (Wildman–Crippen MR) is 108 cm³/mol. The number of cyclic esters (lactones) is 1. The quantitative estimate of drug-likeness (QED) is 0.304.